The fourth-order valence-corrected chi connectivity index (χ4v) is 3.81. The molecule has 0 atom stereocenters. The normalized spacial score (nSPS) is 16.8. The van der Waals surface area contributed by atoms with E-state index < -0.39 is 11.1 Å². The molecule has 0 bridgehead atoms. The van der Waals surface area contributed by atoms with Crippen LogP contribution in [0.3, 0.4) is 0 Å². The smallest absolute Gasteiger partial charge is 0.408 e. The first-order valence-corrected chi connectivity index (χ1v) is 10.6. The number of amides is 1. The van der Waals surface area contributed by atoms with Crippen LogP contribution in [0.15, 0.2) is 42.7 Å². The average molecular weight is 411 g/mol. The summed E-state index contributed by atoms with van der Waals surface area (Å²) in [4.78, 5) is 23.7. The second-order valence-electron chi connectivity index (χ2n) is 10.1. The summed E-state index contributed by atoms with van der Waals surface area (Å²) >= 11 is 0. The molecule has 0 radical (unpaired) electrons. The Labute approximate surface area is 180 Å². The van der Waals surface area contributed by atoms with Gasteiger partial charge in [0.15, 0.2) is 0 Å². The average Bonchev–Trinajstić information content (AvgIpc) is 2.67. The molecule has 162 valence electrons. The summed E-state index contributed by atoms with van der Waals surface area (Å²) in [6, 6.07) is 10.4. The number of piperidine rings is 1. The number of benzene rings is 1. The van der Waals surface area contributed by atoms with E-state index in [-0.39, 0.29) is 11.5 Å². The monoisotopic (exact) mass is 410 g/mol. The van der Waals surface area contributed by atoms with Crippen molar-refractivity contribution in [1.82, 2.24) is 15.3 Å². The second-order valence-corrected chi connectivity index (χ2v) is 10.1. The van der Waals surface area contributed by atoms with E-state index in [4.69, 9.17) is 4.74 Å². The number of nitrogens with one attached hydrogen (secondary N) is 1. The third-order valence-corrected chi connectivity index (χ3v) is 5.47. The molecule has 1 saturated heterocycles. The van der Waals surface area contributed by atoms with E-state index in [1.807, 2.05) is 26.8 Å². The van der Waals surface area contributed by atoms with Crippen LogP contribution in [0.5, 0.6) is 0 Å². The molecular weight excluding hydrogens is 376 g/mol. The van der Waals surface area contributed by atoms with Gasteiger partial charge < -0.3 is 15.0 Å². The number of rotatable bonds is 3. The predicted octanol–water partition coefficient (Wildman–Crippen LogP) is 4.79. The molecule has 0 spiro atoms. The highest BCUT2D eigenvalue weighted by molar-refractivity contribution is 5.69. The van der Waals surface area contributed by atoms with Crippen molar-refractivity contribution in [2.75, 3.05) is 18.0 Å². The molecule has 6 nitrogen and oxygen atoms in total. The summed E-state index contributed by atoms with van der Waals surface area (Å²) in [5.41, 5.74) is 1.36. The van der Waals surface area contributed by atoms with E-state index in [2.05, 4.69) is 65.2 Å². The second kappa shape index (κ2) is 8.25. The van der Waals surface area contributed by atoms with Gasteiger partial charge >= 0.3 is 6.09 Å². The molecule has 1 N–H and O–H groups in total. The number of anilines is 1. The Kier molecular flexibility index (Phi) is 6.06. The number of carbonyl (C=O) groups excluding carboxylic acids is 1. The van der Waals surface area contributed by atoms with Gasteiger partial charge in [0.05, 0.1) is 5.54 Å². The number of nitrogens with zero attached hydrogens (tertiary/aromatic N) is 3. The third kappa shape index (κ3) is 5.29. The Morgan fingerprint density at radius 1 is 1.03 bits per heavy atom. The van der Waals surface area contributed by atoms with E-state index in [0.29, 0.717) is 0 Å². The molecule has 1 aliphatic heterocycles. The minimum atomic E-state index is -0.545. The number of carbonyl (C=O) groups is 1. The van der Waals surface area contributed by atoms with Gasteiger partial charge in [0.1, 0.15) is 5.60 Å². The van der Waals surface area contributed by atoms with Gasteiger partial charge in [0.25, 0.3) is 0 Å². The SMILES string of the molecule is CC(C)(C)OC(=O)NC1(c2cccc(C(C)(C)C)c2)CCN(c2ncccn2)CC1. The van der Waals surface area contributed by atoms with Crippen LogP contribution in [0.4, 0.5) is 10.7 Å². The van der Waals surface area contributed by atoms with E-state index in [1.54, 1.807) is 12.4 Å². The van der Waals surface area contributed by atoms with Crippen LogP contribution < -0.4 is 10.2 Å². The van der Waals surface area contributed by atoms with Crippen molar-refractivity contribution in [3.05, 3.63) is 53.9 Å². The van der Waals surface area contributed by atoms with Crippen LogP contribution in [-0.4, -0.2) is 34.8 Å². The highest BCUT2D eigenvalue weighted by Gasteiger charge is 2.39. The number of aromatic nitrogens is 2. The highest BCUT2D eigenvalue weighted by Crippen LogP contribution is 2.36. The lowest BCUT2D eigenvalue weighted by Gasteiger charge is -2.43. The largest absolute Gasteiger partial charge is 0.444 e. The Hall–Kier alpha value is -2.63. The lowest BCUT2D eigenvalue weighted by Crippen LogP contribution is -2.54. The van der Waals surface area contributed by atoms with Crippen molar-refractivity contribution in [2.24, 2.45) is 0 Å². The van der Waals surface area contributed by atoms with E-state index >= 15 is 0 Å². The van der Waals surface area contributed by atoms with Crippen LogP contribution >= 0.6 is 0 Å². The van der Waals surface area contributed by atoms with E-state index in [9.17, 15) is 4.79 Å². The Morgan fingerprint density at radius 3 is 2.23 bits per heavy atom. The Bertz CT molecular complexity index is 861. The first-order valence-electron chi connectivity index (χ1n) is 10.6. The van der Waals surface area contributed by atoms with Gasteiger partial charge in [0.2, 0.25) is 5.95 Å². The molecule has 0 aliphatic carbocycles. The van der Waals surface area contributed by atoms with E-state index in [0.717, 1.165) is 37.4 Å². The quantitative estimate of drug-likeness (QED) is 0.788. The number of hydrogen-bond donors (Lipinski definition) is 1. The van der Waals surface area contributed by atoms with Gasteiger partial charge in [-0.25, -0.2) is 14.8 Å². The van der Waals surface area contributed by atoms with Crippen molar-refractivity contribution in [2.45, 2.75) is 70.9 Å². The van der Waals surface area contributed by atoms with Crippen molar-refractivity contribution < 1.29 is 9.53 Å². The first kappa shape index (κ1) is 22.1. The van der Waals surface area contributed by atoms with Gasteiger partial charge in [-0.1, -0.05) is 45.0 Å². The summed E-state index contributed by atoms with van der Waals surface area (Å²) in [5, 5.41) is 3.23. The number of alkyl carbamates (subject to hydrolysis) is 1. The van der Waals surface area contributed by atoms with Crippen LogP contribution in [0.1, 0.15) is 65.5 Å². The van der Waals surface area contributed by atoms with Gasteiger partial charge in [-0.15, -0.1) is 0 Å². The minimum Gasteiger partial charge on any atom is -0.444 e. The summed E-state index contributed by atoms with van der Waals surface area (Å²) < 4.78 is 5.61. The maximum atomic E-state index is 12.8. The van der Waals surface area contributed by atoms with Crippen LogP contribution in [-0.2, 0) is 15.7 Å². The number of hydrogen-bond acceptors (Lipinski definition) is 5. The fraction of sp³-hybridized carbons (Fsp3) is 0.542. The summed E-state index contributed by atoms with van der Waals surface area (Å²) in [6.45, 7) is 13.8. The standard InChI is InChI=1S/C24H34N4O2/c1-22(2,3)18-9-7-10-19(17-18)24(27-21(29)30-23(4,5)6)11-15-28(16-12-24)20-25-13-8-14-26-20/h7-10,13-14,17H,11-12,15-16H2,1-6H3,(H,27,29). The number of ether oxygens (including phenoxy) is 1. The predicted molar refractivity (Wildman–Crippen MR) is 120 cm³/mol. The molecule has 2 heterocycles. The molecule has 30 heavy (non-hydrogen) atoms. The maximum absolute atomic E-state index is 12.8. The third-order valence-electron chi connectivity index (χ3n) is 5.47. The van der Waals surface area contributed by atoms with Crippen molar-refractivity contribution >= 4 is 12.0 Å². The van der Waals surface area contributed by atoms with Gasteiger partial charge in [0, 0.05) is 25.5 Å². The molecule has 1 fully saturated rings. The fourth-order valence-electron chi connectivity index (χ4n) is 3.81. The van der Waals surface area contributed by atoms with Gasteiger partial charge in [-0.2, -0.15) is 0 Å². The van der Waals surface area contributed by atoms with Crippen molar-refractivity contribution in [1.29, 1.82) is 0 Å². The molecule has 1 aliphatic rings. The lowest BCUT2D eigenvalue weighted by atomic mass is 9.78. The van der Waals surface area contributed by atoms with Crippen molar-refractivity contribution in [3.63, 3.8) is 0 Å². The maximum Gasteiger partial charge on any atom is 0.408 e. The summed E-state index contributed by atoms with van der Waals surface area (Å²) in [6.07, 6.45) is 4.63. The molecule has 6 heteroatoms. The zero-order valence-electron chi connectivity index (χ0n) is 19.0. The van der Waals surface area contributed by atoms with Gasteiger partial charge in [-0.3, -0.25) is 0 Å². The topological polar surface area (TPSA) is 67.3 Å². The van der Waals surface area contributed by atoms with Crippen LogP contribution in [0.25, 0.3) is 0 Å². The minimum absolute atomic E-state index is 0.0295. The molecule has 0 saturated carbocycles. The summed E-state index contributed by atoms with van der Waals surface area (Å²) in [5.74, 6) is 0.729. The molecule has 3 rings (SSSR count). The highest BCUT2D eigenvalue weighted by atomic mass is 16.6. The summed E-state index contributed by atoms with van der Waals surface area (Å²) in [7, 11) is 0. The van der Waals surface area contributed by atoms with Gasteiger partial charge in [-0.05, 0) is 56.2 Å². The Balaban J connectivity index is 1.90. The molecule has 2 aromatic rings. The molecule has 1 aromatic heterocycles. The van der Waals surface area contributed by atoms with Crippen LogP contribution in [0.2, 0.25) is 0 Å². The molecule has 1 amide bonds. The van der Waals surface area contributed by atoms with E-state index in [1.165, 1.54) is 5.56 Å². The first-order chi connectivity index (χ1) is 14.0. The zero-order valence-corrected chi connectivity index (χ0v) is 19.0. The Morgan fingerprint density at radius 2 is 1.67 bits per heavy atom. The van der Waals surface area contributed by atoms with Crippen molar-refractivity contribution in [3.8, 4) is 0 Å². The zero-order chi connectivity index (χ0) is 22.0. The molecule has 0 unspecified atom stereocenters. The van der Waals surface area contributed by atoms with Crippen LogP contribution in [0, 0.1) is 0 Å². The lowest BCUT2D eigenvalue weighted by molar-refractivity contribution is 0.0431. The molecule has 1 aromatic carbocycles. The molecular formula is C24H34N4O2.